The minimum absolute atomic E-state index is 0.187. The lowest BCUT2D eigenvalue weighted by Gasteiger charge is -2.20. The van der Waals surface area contributed by atoms with Crippen molar-refractivity contribution < 1.29 is 4.74 Å². The van der Waals surface area contributed by atoms with Crippen LogP contribution in [0.25, 0.3) is 0 Å². The van der Waals surface area contributed by atoms with Gasteiger partial charge in [-0.1, -0.05) is 12.1 Å². The van der Waals surface area contributed by atoms with Crippen molar-refractivity contribution in [2.24, 2.45) is 0 Å². The molecule has 0 radical (unpaired) electrons. The lowest BCUT2D eigenvalue weighted by atomic mass is 10.1. The number of ether oxygens (including phenoxy) is 1. The summed E-state index contributed by atoms with van der Waals surface area (Å²) in [5.41, 5.74) is 1.51. The molecule has 1 aromatic carbocycles. The molecule has 2 nitrogen and oxygen atoms in total. The fourth-order valence-corrected chi connectivity index (χ4v) is 1.63. The first kappa shape index (κ1) is 14.0. The van der Waals surface area contributed by atoms with E-state index in [1.165, 1.54) is 5.56 Å². The van der Waals surface area contributed by atoms with Crippen LogP contribution in [0.1, 0.15) is 40.2 Å². The fourth-order valence-electron chi connectivity index (χ4n) is 1.63. The Morgan fingerprint density at radius 1 is 1.24 bits per heavy atom. The molecule has 0 unspecified atom stereocenters. The Balaban J connectivity index is 2.48. The van der Waals surface area contributed by atoms with E-state index in [9.17, 15) is 0 Å². The third-order valence-corrected chi connectivity index (χ3v) is 2.34. The van der Waals surface area contributed by atoms with Gasteiger partial charge in [0.05, 0.1) is 6.10 Å². The normalized spacial score (nSPS) is 11.9. The number of hydrogen-bond acceptors (Lipinski definition) is 2. The summed E-state index contributed by atoms with van der Waals surface area (Å²) >= 11 is 0. The minimum Gasteiger partial charge on any atom is -0.491 e. The highest BCUT2D eigenvalue weighted by Crippen LogP contribution is 2.15. The summed E-state index contributed by atoms with van der Waals surface area (Å²) < 4.78 is 5.68. The van der Waals surface area contributed by atoms with Gasteiger partial charge >= 0.3 is 0 Å². The van der Waals surface area contributed by atoms with Crippen LogP contribution in [0.15, 0.2) is 24.3 Å². The SMILES string of the molecule is CC(C)Oc1cccc(CCNC(C)(C)C)c1. The maximum atomic E-state index is 5.68. The molecule has 0 spiro atoms. The second kappa shape index (κ2) is 6.06. The maximum absolute atomic E-state index is 5.68. The van der Waals surface area contributed by atoms with Crippen LogP contribution >= 0.6 is 0 Å². The first-order chi connectivity index (χ1) is 7.87. The number of hydrogen-bond donors (Lipinski definition) is 1. The second-order valence-electron chi connectivity index (χ2n) is 5.74. The van der Waals surface area contributed by atoms with Crippen LogP contribution in [0.5, 0.6) is 5.75 Å². The van der Waals surface area contributed by atoms with Crippen molar-refractivity contribution in [2.45, 2.75) is 52.7 Å². The number of benzene rings is 1. The molecule has 0 aliphatic heterocycles. The minimum atomic E-state index is 0.187. The predicted octanol–water partition coefficient (Wildman–Crippen LogP) is 3.40. The summed E-state index contributed by atoms with van der Waals surface area (Å²) in [5.74, 6) is 0.966. The van der Waals surface area contributed by atoms with Crippen molar-refractivity contribution >= 4 is 0 Å². The van der Waals surface area contributed by atoms with Crippen LogP contribution in [-0.4, -0.2) is 18.2 Å². The molecular weight excluding hydrogens is 210 g/mol. The molecule has 0 saturated heterocycles. The number of nitrogens with one attached hydrogen (secondary N) is 1. The Labute approximate surface area is 105 Å². The van der Waals surface area contributed by atoms with Gasteiger partial charge in [0.15, 0.2) is 0 Å². The van der Waals surface area contributed by atoms with Crippen LogP contribution in [0.2, 0.25) is 0 Å². The van der Waals surface area contributed by atoms with Gasteiger partial charge in [0.1, 0.15) is 5.75 Å². The molecule has 1 N–H and O–H groups in total. The van der Waals surface area contributed by atoms with Gasteiger partial charge in [0.2, 0.25) is 0 Å². The highest BCUT2D eigenvalue weighted by molar-refractivity contribution is 5.28. The molecule has 0 aliphatic rings. The van der Waals surface area contributed by atoms with E-state index < -0.39 is 0 Å². The van der Waals surface area contributed by atoms with Crippen molar-refractivity contribution in [1.82, 2.24) is 5.32 Å². The third kappa shape index (κ3) is 6.32. The van der Waals surface area contributed by atoms with E-state index in [0.29, 0.717) is 0 Å². The zero-order valence-corrected chi connectivity index (χ0v) is 11.7. The first-order valence-corrected chi connectivity index (χ1v) is 6.37. The van der Waals surface area contributed by atoms with Crippen LogP contribution in [-0.2, 0) is 6.42 Å². The van der Waals surface area contributed by atoms with Crippen molar-refractivity contribution in [3.05, 3.63) is 29.8 Å². The molecule has 0 heterocycles. The summed E-state index contributed by atoms with van der Waals surface area (Å²) in [7, 11) is 0. The highest BCUT2D eigenvalue weighted by Gasteiger charge is 2.07. The fraction of sp³-hybridized carbons (Fsp3) is 0.600. The topological polar surface area (TPSA) is 21.3 Å². The first-order valence-electron chi connectivity index (χ1n) is 6.37. The molecule has 1 rings (SSSR count). The van der Waals surface area contributed by atoms with E-state index in [1.807, 2.05) is 19.9 Å². The van der Waals surface area contributed by atoms with E-state index in [2.05, 4.69) is 44.3 Å². The van der Waals surface area contributed by atoms with Crippen LogP contribution in [0.4, 0.5) is 0 Å². The van der Waals surface area contributed by atoms with Crippen molar-refractivity contribution in [3.63, 3.8) is 0 Å². The quantitative estimate of drug-likeness (QED) is 0.844. The van der Waals surface area contributed by atoms with Gasteiger partial charge in [-0.25, -0.2) is 0 Å². The van der Waals surface area contributed by atoms with Gasteiger partial charge < -0.3 is 10.1 Å². The smallest absolute Gasteiger partial charge is 0.119 e. The molecule has 0 amide bonds. The summed E-state index contributed by atoms with van der Waals surface area (Å²) in [4.78, 5) is 0. The van der Waals surface area contributed by atoms with E-state index in [4.69, 9.17) is 4.74 Å². The molecule has 17 heavy (non-hydrogen) atoms. The Morgan fingerprint density at radius 2 is 1.94 bits per heavy atom. The van der Waals surface area contributed by atoms with E-state index in [1.54, 1.807) is 0 Å². The van der Waals surface area contributed by atoms with Gasteiger partial charge in [0.25, 0.3) is 0 Å². The molecule has 0 aromatic heterocycles. The van der Waals surface area contributed by atoms with Gasteiger partial charge in [-0.15, -0.1) is 0 Å². The molecular formula is C15H25NO. The predicted molar refractivity (Wildman–Crippen MR) is 73.7 cm³/mol. The van der Waals surface area contributed by atoms with Crippen molar-refractivity contribution in [1.29, 1.82) is 0 Å². The van der Waals surface area contributed by atoms with Gasteiger partial charge in [0, 0.05) is 5.54 Å². The average molecular weight is 235 g/mol. The van der Waals surface area contributed by atoms with E-state index >= 15 is 0 Å². The van der Waals surface area contributed by atoms with E-state index in [0.717, 1.165) is 18.7 Å². The lowest BCUT2D eigenvalue weighted by molar-refractivity contribution is 0.242. The lowest BCUT2D eigenvalue weighted by Crippen LogP contribution is -2.37. The van der Waals surface area contributed by atoms with Crippen LogP contribution in [0.3, 0.4) is 0 Å². The number of rotatable bonds is 5. The van der Waals surface area contributed by atoms with Gasteiger partial charge in [-0.05, 0) is 65.3 Å². The second-order valence-corrected chi connectivity index (χ2v) is 5.74. The molecule has 2 heteroatoms. The van der Waals surface area contributed by atoms with Crippen molar-refractivity contribution in [2.75, 3.05) is 6.54 Å². The average Bonchev–Trinajstić information content (AvgIpc) is 2.15. The van der Waals surface area contributed by atoms with E-state index in [-0.39, 0.29) is 11.6 Å². The van der Waals surface area contributed by atoms with Gasteiger partial charge in [-0.3, -0.25) is 0 Å². The Morgan fingerprint density at radius 3 is 2.53 bits per heavy atom. The largest absolute Gasteiger partial charge is 0.491 e. The van der Waals surface area contributed by atoms with Crippen LogP contribution in [0, 0.1) is 0 Å². The molecule has 0 saturated carbocycles. The monoisotopic (exact) mass is 235 g/mol. The third-order valence-electron chi connectivity index (χ3n) is 2.34. The summed E-state index contributed by atoms with van der Waals surface area (Å²) in [6, 6.07) is 8.35. The standard InChI is InChI=1S/C15H25NO/c1-12(2)17-14-8-6-7-13(11-14)9-10-16-15(3,4)5/h6-8,11-12,16H,9-10H2,1-5H3. The summed E-state index contributed by atoms with van der Waals surface area (Å²) in [6.07, 6.45) is 1.27. The molecule has 96 valence electrons. The Bertz CT molecular complexity index is 339. The molecule has 0 atom stereocenters. The highest BCUT2D eigenvalue weighted by atomic mass is 16.5. The maximum Gasteiger partial charge on any atom is 0.119 e. The molecule has 1 aromatic rings. The molecule has 0 aliphatic carbocycles. The Kier molecular flexibility index (Phi) is 5.01. The van der Waals surface area contributed by atoms with Crippen LogP contribution < -0.4 is 10.1 Å². The summed E-state index contributed by atoms with van der Waals surface area (Å²) in [5, 5.41) is 3.49. The van der Waals surface area contributed by atoms with Gasteiger partial charge in [-0.2, -0.15) is 0 Å². The Hall–Kier alpha value is -1.02. The zero-order valence-electron chi connectivity index (χ0n) is 11.7. The molecule has 0 bridgehead atoms. The zero-order chi connectivity index (χ0) is 12.9. The molecule has 0 fully saturated rings. The summed E-state index contributed by atoms with van der Waals surface area (Å²) in [6.45, 7) is 11.7. The van der Waals surface area contributed by atoms with Crippen molar-refractivity contribution in [3.8, 4) is 5.75 Å².